The largest absolute Gasteiger partial charge is 0.355 e. The van der Waals surface area contributed by atoms with E-state index in [1.165, 1.54) is 0 Å². The number of nitriles is 1. The lowest BCUT2D eigenvalue weighted by atomic mass is 10.2. The molecule has 0 heterocycles. The van der Waals surface area contributed by atoms with E-state index in [1.807, 2.05) is 30.3 Å². The van der Waals surface area contributed by atoms with Crippen LogP contribution >= 0.6 is 27.5 Å². The van der Waals surface area contributed by atoms with Crippen LogP contribution in [-0.4, -0.2) is 0 Å². The number of hydrogen-bond acceptors (Lipinski definition) is 2. The molecule has 0 unspecified atom stereocenters. The van der Waals surface area contributed by atoms with Crippen LogP contribution in [0.2, 0.25) is 5.02 Å². The standard InChI is InChI=1S/C13H8BrClN2/c14-12-7-10(15)3-6-13(12)17-11-4-1-9(8-16)2-5-11/h1-7,17H. The molecule has 2 nitrogen and oxygen atoms in total. The van der Waals surface area contributed by atoms with Gasteiger partial charge < -0.3 is 5.32 Å². The van der Waals surface area contributed by atoms with Crippen molar-refractivity contribution in [1.82, 2.24) is 0 Å². The number of halogens is 2. The minimum atomic E-state index is 0.644. The highest BCUT2D eigenvalue weighted by atomic mass is 79.9. The minimum absolute atomic E-state index is 0.644. The van der Waals surface area contributed by atoms with Gasteiger partial charge in [0.25, 0.3) is 0 Å². The summed E-state index contributed by atoms with van der Waals surface area (Å²) in [5, 5.41) is 12.6. The number of hydrogen-bond donors (Lipinski definition) is 1. The SMILES string of the molecule is N#Cc1ccc(Nc2ccc(Cl)cc2Br)cc1. The lowest BCUT2D eigenvalue weighted by Crippen LogP contribution is -1.91. The summed E-state index contributed by atoms with van der Waals surface area (Å²) in [5.74, 6) is 0. The third kappa shape index (κ3) is 3.00. The highest BCUT2D eigenvalue weighted by Gasteiger charge is 2.01. The van der Waals surface area contributed by atoms with E-state index in [0.717, 1.165) is 15.8 Å². The molecule has 0 amide bonds. The average Bonchev–Trinajstić information content (AvgIpc) is 2.34. The first-order valence-corrected chi connectivity index (χ1v) is 6.08. The predicted molar refractivity (Wildman–Crippen MR) is 73.6 cm³/mol. The third-order valence-electron chi connectivity index (χ3n) is 2.22. The average molecular weight is 308 g/mol. The number of nitrogens with one attached hydrogen (secondary N) is 1. The molecule has 84 valence electrons. The summed E-state index contributed by atoms with van der Waals surface area (Å²) >= 11 is 9.30. The fourth-order valence-corrected chi connectivity index (χ4v) is 2.16. The summed E-state index contributed by atoms with van der Waals surface area (Å²) in [7, 11) is 0. The number of rotatable bonds is 2. The van der Waals surface area contributed by atoms with Gasteiger partial charge in [-0.25, -0.2) is 0 Å². The Morgan fingerprint density at radius 2 is 1.82 bits per heavy atom. The maximum Gasteiger partial charge on any atom is 0.0991 e. The number of benzene rings is 2. The van der Waals surface area contributed by atoms with Gasteiger partial charge in [-0.1, -0.05) is 11.6 Å². The molecule has 0 aromatic heterocycles. The second-order valence-electron chi connectivity index (χ2n) is 3.44. The summed E-state index contributed by atoms with van der Waals surface area (Å²) < 4.78 is 0.898. The lowest BCUT2D eigenvalue weighted by molar-refractivity contribution is 1.47. The van der Waals surface area contributed by atoms with E-state index in [2.05, 4.69) is 27.3 Å². The van der Waals surface area contributed by atoms with Crippen molar-refractivity contribution < 1.29 is 0 Å². The van der Waals surface area contributed by atoms with E-state index in [-0.39, 0.29) is 0 Å². The zero-order valence-corrected chi connectivity index (χ0v) is 11.1. The second kappa shape index (κ2) is 5.22. The Morgan fingerprint density at radius 3 is 2.41 bits per heavy atom. The van der Waals surface area contributed by atoms with E-state index >= 15 is 0 Å². The summed E-state index contributed by atoms with van der Waals surface area (Å²) in [6, 6.07) is 14.9. The molecule has 0 atom stereocenters. The molecule has 4 heteroatoms. The van der Waals surface area contributed by atoms with Gasteiger partial charge in [0, 0.05) is 15.2 Å². The van der Waals surface area contributed by atoms with Crippen LogP contribution in [0.4, 0.5) is 11.4 Å². The molecular formula is C13H8BrClN2. The Balaban J connectivity index is 2.23. The van der Waals surface area contributed by atoms with Crippen molar-refractivity contribution in [2.75, 3.05) is 5.32 Å². The molecule has 0 aliphatic carbocycles. The Hall–Kier alpha value is -1.50. The quantitative estimate of drug-likeness (QED) is 0.871. The van der Waals surface area contributed by atoms with E-state index in [4.69, 9.17) is 16.9 Å². The van der Waals surface area contributed by atoms with Gasteiger partial charge in [-0.15, -0.1) is 0 Å². The molecular weight excluding hydrogens is 300 g/mol. The second-order valence-corrected chi connectivity index (χ2v) is 4.73. The molecule has 1 N–H and O–H groups in total. The molecule has 0 radical (unpaired) electrons. The van der Waals surface area contributed by atoms with Crippen molar-refractivity contribution in [3.63, 3.8) is 0 Å². The summed E-state index contributed by atoms with van der Waals surface area (Å²) in [6.45, 7) is 0. The highest BCUT2D eigenvalue weighted by Crippen LogP contribution is 2.28. The molecule has 0 aliphatic heterocycles. The van der Waals surface area contributed by atoms with Gasteiger partial charge in [0.1, 0.15) is 0 Å². The van der Waals surface area contributed by atoms with Gasteiger partial charge in [0.2, 0.25) is 0 Å². The van der Waals surface area contributed by atoms with Crippen LogP contribution in [0, 0.1) is 11.3 Å². The van der Waals surface area contributed by atoms with Gasteiger partial charge in [0.05, 0.1) is 17.3 Å². The maximum absolute atomic E-state index is 8.70. The first-order chi connectivity index (χ1) is 8.19. The lowest BCUT2D eigenvalue weighted by Gasteiger charge is -2.08. The van der Waals surface area contributed by atoms with Gasteiger partial charge in [-0.05, 0) is 58.4 Å². The fourth-order valence-electron chi connectivity index (χ4n) is 1.37. The molecule has 0 aliphatic rings. The monoisotopic (exact) mass is 306 g/mol. The first kappa shape index (κ1) is 12.0. The first-order valence-electron chi connectivity index (χ1n) is 4.91. The van der Waals surface area contributed by atoms with E-state index in [1.54, 1.807) is 12.1 Å². The molecule has 0 saturated heterocycles. The van der Waals surface area contributed by atoms with Crippen molar-refractivity contribution in [2.24, 2.45) is 0 Å². The molecule has 0 bridgehead atoms. The minimum Gasteiger partial charge on any atom is -0.355 e. The van der Waals surface area contributed by atoms with Crippen molar-refractivity contribution in [2.45, 2.75) is 0 Å². The smallest absolute Gasteiger partial charge is 0.0991 e. The van der Waals surface area contributed by atoms with Crippen LogP contribution in [0.1, 0.15) is 5.56 Å². The van der Waals surface area contributed by atoms with E-state index < -0.39 is 0 Å². The molecule has 2 rings (SSSR count). The van der Waals surface area contributed by atoms with Crippen molar-refractivity contribution in [3.05, 3.63) is 57.5 Å². The zero-order chi connectivity index (χ0) is 12.3. The molecule has 0 spiro atoms. The van der Waals surface area contributed by atoms with Crippen molar-refractivity contribution >= 4 is 38.9 Å². The Morgan fingerprint density at radius 1 is 1.12 bits per heavy atom. The van der Waals surface area contributed by atoms with Crippen LogP contribution in [-0.2, 0) is 0 Å². The summed E-state index contributed by atoms with van der Waals surface area (Å²) in [5.41, 5.74) is 2.50. The van der Waals surface area contributed by atoms with Crippen LogP contribution in [0.3, 0.4) is 0 Å². The van der Waals surface area contributed by atoms with Crippen LogP contribution in [0.5, 0.6) is 0 Å². The van der Waals surface area contributed by atoms with Gasteiger partial charge in [-0.3, -0.25) is 0 Å². The van der Waals surface area contributed by atoms with Crippen LogP contribution in [0.25, 0.3) is 0 Å². The molecule has 0 saturated carbocycles. The number of anilines is 2. The number of nitrogens with zero attached hydrogens (tertiary/aromatic N) is 1. The van der Waals surface area contributed by atoms with Gasteiger partial charge >= 0.3 is 0 Å². The van der Waals surface area contributed by atoms with Crippen LogP contribution in [0.15, 0.2) is 46.9 Å². The maximum atomic E-state index is 8.70. The third-order valence-corrected chi connectivity index (χ3v) is 3.12. The molecule has 0 fully saturated rings. The van der Waals surface area contributed by atoms with Crippen molar-refractivity contribution in [3.8, 4) is 6.07 Å². The van der Waals surface area contributed by atoms with Crippen LogP contribution < -0.4 is 5.32 Å². The van der Waals surface area contributed by atoms with Gasteiger partial charge in [-0.2, -0.15) is 5.26 Å². The highest BCUT2D eigenvalue weighted by molar-refractivity contribution is 9.10. The molecule has 17 heavy (non-hydrogen) atoms. The molecule has 2 aromatic carbocycles. The summed E-state index contributed by atoms with van der Waals surface area (Å²) in [4.78, 5) is 0. The predicted octanol–water partition coefficient (Wildman–Crippen LogP) is 4.72. The topological polar surface area (TPSA) is 35.8 Å². The Kier molecular flexibility index (Phi) is 3.68. The normalized spacial score (nSPS) is 9.71. The Bertz CT molecular complexity index is 573. The van der Waals surface area contributed by atoms with Crippen molar-refractivity contribution in [1.29, 1.82) is 5.26 Å². The van der Waals surface area contributed by atoms with E-state index in [0.29, 0.717) is 10.6 Å². The summed E-state index contributed by atoms with van der Waals surface area (Å²) in [6.07, 6.45) is 0. The fraction of sp³-hybridized carbons (Fsp3) is 0. The Labute approximate surface area is 113 Å². The zero-order valence-electron chi connectivity index (χ0n) is 8.74. The van der Waals surface area contributed by atoms with Gasteiger partial charge in [0.15, 0.2) is 0 Å². The van der Waals surface area contributed by atoms with E-state index in [9.17, 15) is 0 Å². The molecule has 2 aromatic rings.